The number of benzene rings is 3. The van der Waals surface area contributed by atoms with Gasteiger partial charge in [0.05, 0.1) is 10.6 Å². The molecular weight excluding hydrogens is 475 g/mol. The largest absolute Gasteiger partial charge is 0.486 e. The third kappa shape index (κ3) is 4.93. The molecule has 0 aromatic heterocycles. The van der Waals surface area contributed by atoms with E-state index in [2.05, 4.69) is 5.32 Å². The average Bonchev–Trinajstić information content (AvgIpc) is 2.77. The summed E-state index contributed by atoms with van der Waals surface area (Å²) in [5, 5.41) is 3.19. The monoisotopic (exact) mass is 492 g/mol. The molecule has 3 aromatic carbocycles. The van der Waals surface area contributed by atoms with Crippen LogP contribution < -0.4 is 19.1 Å². The molecule has 0 fully saturated rings. The van der Waals surface area contributed by atoms with Crippen molar-refractivity contribution < 1.29 is 22.7 Å². The Balaban J connectivity index is 1.64. The normalized spacial score (nSPS) is 12.8. The maximum atomic E-state index is 13.4. The van der Waals surface area contributed by atoms with Crippen LogP contribution in [-0.4, -0.2) is 34.1 Å². The summed E-state index contributed by atoms with van der Waals surface area (Å²) in [5.74, 6) is 0.526. The number of carbonyl (C=O) groups is 1. The summed E-state index contributed by atoms with van der Waals surface area (Å²) < 4.78 is 38.7. The number of amides is 1. The van der Waals surface area contributed by atoms with Crippen LogP contribution in [0.2, 0.25) is 10.0 Å². The van der Waals surface area contributed by atoms with Gasteiger partial charge in [0.1, 0.15) is 19.8 Å². The number of hydrogen-bond acceptors (Lipinski definition) is 5. The van der Waals surface area contributed by atoms with Crippen LogP contribution >= 0.6 is 23.2 Å². The average molecular weight is 493 g/mol. The van der Waals surface area contributed by atoms with Gasteiger partial charge in [-0.15, -0.1) is 0 Å². The lowest BCUT2D eigenvalue weighted by Gasteiger charge is -2.25. The van der Waals surface area contributed by atoms with Gasteiger partial charge in [-0.2, -0.15) is 0 Å². The maximum absolute atomic E-state index is 13.4. The van der Waals surface area contributed by atoms with E-state index in [1.807, 2.05) is 0 Å². The second-order valence-corrected chi connectivity index (χ2v) is 9.59. The van der Waals surface area contributed by atoms with E-state index in [4.69, 9.17) is 32.7 Å². The molecule has 32 heavy (non-hydrogen) atoms. The Morgan fingerprint density at radius 1 is 0.906 bits per heavy atom. The van der Waals surface area contributed by atoms with Crippen LogP contribution in [0.4, 0.5) is 11.4 Å². The standard InChI is InChI=1S/C22H18Cl2N2O5S/c23-15-10-16(24)12-18(11-15)26(32(28,29)19-4-2-1-3-5-19)14-22(27)25-17-6-7-20-21(13-17)31-9-8-30-20/h1-7,10-13H,8-9,14H2,(H,25,27). The number of carbonyl (C=O) groups excluding carboxylic acids is 1. The molecule has 10 heteroatoms. The van der Waals surface area contributed by atoms with E-state index >= 15 is 0 Å². The summed E-state index contributed by atoms with van der Waals surface area (Å²) in [6, 6.07) is 17.1. The molecular formula is C22H18Cl2N2O5S. The lowest BCUT2D eigenvalue weighted by Crippen LogP contribution is -2.38. The number of ether oxygens (including phenoxy) is 2. The van der Waals surface area contributed by atoms with Crippen LogP contribution in [0.5, 0.6) is 11.5 Å². The van der Waals surface area contributed by atoms with E-state index < -0.39 is 22.5 Å². The van der Waals surface area contributed by atoms with Crippen molar-refractivity contribution in [1.29, 1.82) is 0 Å². The summed E-state index contributed by atoms with van der Waals surface area (Å²) in [4.78, 5) is 12.9. The van der Waals surface area contributed by atoms with Gasteiger partial charge >= 0.3 is 0 Å². The lowest BCUT2D eigenvalue weighted by atomic mass is 10.2. The molecule has 1 aliphatic heterocycles. The topological polar surface area (TPSA) is 84.9 Å². The van der Waals surface area contributed by atoms with Crippen molar-refractivity contribution in [2.75, 3.05) is 29.4 Å². The molecule has 3 aromatic rings. The Kier molecular flexibility index (Phi) is 6.45. The van der Waals surface area contributed by atoms with Crippen molar-refractivity contribution >= 4 is 50.5 Å². The highest BCUT2D eigenvalue weighted by Gasteiger charge is 2.28. The molecule has 0 aliphatic carbocycles. The Morgan fingerprint density at radius 2 is 1.56 bits per heavy atom. The van der Waals surface area contributed by atoms with Crippen LogP contribution in [-0.2, 0) is 14.8 Å². The Labute approximate surface area is 195 Å². The number of anilines is 2. The van der Waals surface area contributed by atoms with E-state index in [1.54, 1.807) is 36.4 Å². The van der Waals surface area contributed by atoms with Crippen LogP contribution in [0.3, 0.4) is 0 Å². The van der Waals surface area contributed by atoms with Crippen molar-refractivity contribution in [3.63, 3.8) is 0 Å². The van der Waals surface area contributed by atoms with Crippen LogP contribution in [0.25, 0.3) is 0 Å². The first-order valence-corrected chi connectivity index (χ1v) is 11.8. The number of fused-ring (bicyclic) bond motifs is 1. The van der Waals surface area contributed by atoms with Gasteiger partial charge in [0.2, 0.25) is 5.91 Å². The van der Waals surface area contributed by atoms with Crippen LogP contribution in [0.1, 0.15) is 0 Å². The molecule has 1 amide bonds. The molecule has 4 rings (SSSR count). The van der Waals surface area contributed by atoms with E-state index in [9.17, 15) is 13.2 Å². The summed E-state index contributed by atoms with van der Waals surface area (Å²) in [5.41, 5.74) is 0.615. The molecule has 0 spiro atoms. The van der Waals surface area contributed by atoms with Crippen molar-refractivity contribution in [3.05, 3.63) is 76.8 Å². The van der Waals surface area contributed by atoms with Gasteiger partial charge in [-0.3, -0.25) is 9.10 Å². The Bertz CT molecular complexity index is 1230. The molecule has 166 valence electrons. The fourth-order valence-electron chi connectivity index (χ4n) is 3.17. The third-order valence-electron chi connectivity index (χ3n) is 4.58. The van der Waals surface area contributed by atoms with Crippen molar-refractivity contribution in [1.82, 2.24) is 0 Å². The second-order valence-electron chi connectivity index (χ2n) is 6.86. The van der Waals surface area contributed by atoms with E-state index in [1.165, 1.54) is 30.3 Å². The van der Waals surface area contributed by atoms with E-state index in [0.29, 0.717) is 30.4 Å². The first-order valence-electron chi connectivity index (χ1n) is 9.56. The zero-order valence-corrected chi connectivity index (χ0v) is 19.0. The predicted molar refractivity (Wildman–Crippen MR) is 123 cm³/mol. The van der Waals surface area contributed by atoms with Gasteiger partial charge in [-0.1, -0.05) is 41.4 Å². The molecule has 0 atom stereocenters. The SMILES string of the molecule is O=C(CN(c1cc(Cl)cc(Cl)c1)S(=O)(=O)c1ccccc1)Nc1ccc2c(c1)OCCO2. The van der Waals surface area contributed by atoms with Gasteiger partial charge in [-0.25, -0.2) is 8.42 Å². The molecule has 1 heterocycles. The number of nitrogens with one attached hydrogen (secondary N) is 1. The van der Waals surface area contributed by atoms with Gasteiger partial charge in [-0.05, 0) is 42.5 Å². The number of rotatable bonds is 6. The Hall–Kier alpha value is -2.94. The molecule has 0 bridgehead atoms. The highest BCUT2D eigenvalue weighted by molar-refractivity contribution is 7.92. The summed E-state index contributed by atoms with van der Waals surface area (Å²) in [6.45, 7) is 0.360. The zero-order valence-electron chi connectivity index (χ0n) is 16.6. The number of hydrogen-bond donors (Lipinski definition) is 1. The summed E-state index contributed by atoms with van der Waals surface area (Å²) in [7, 11) is -4.08. The van der Waals surface area contributed by atoms with Gasteiger partial charge in [0, 0.05) is 21.8 Å². The molecule has 7 nitrogen and oxygen atoms in total. The first-order chi connectivity index (χ1) is 15.3. The van der Waals surface area contributed by atoms with Gasteiger partial charge in [0.15, 0.2) is 11.5 Å². The summed E-state index contributed by atoms with van der Waals surface area (Å²) in [6.07, 6.45) is 0. The number of nitrogens with zero attached hydrogens (tertiary/aromatic N) is 1. The minimum absolute atomic E-state index is 0.0308. The van der Waals surface area contributed by atoms with Crippen LogP contribution in [0.15, 0.2) is 71.6 Å². The molecule has 0 saturated heterocycles. The minimum atomic E-state index is -4.08. The van der Waals surface area contributed by atoms with E-state index in [-0.39, 0.29) is 20.6 Å². The molecule has 1 N–H and O–H groups in total. The second kappa shape index (κ2) is 9.28. The number of halogens is 2. The fraction of sp³-hybridized carbons (Fsp3) is 0.136. The van der Waals surface area contributed by atoms with E-state index in [0.717, 1.165) is 4.31 Å². The van der Waals surface area contributed by atoms with Crippen molar-refractivity contribution in [2.45, 2.75) is 4.90 Å². The highest BCUT2D eigenvalue weighted by Crippen LogP contribution is 2.33. The zero-order chi connectivity index (χ0) is 22.7. The van der Waals surface area contributed by atoms with Gasteiger partial charge in [0.25, 0.3) is 10.0 Å². The van der Waals surface area contributed by atoms with Gasteiger partial charge < -0.3 is 14.8 Å². The third-order valence-corrected chi connectivity index (χ3v) is 6.80. The fourth-order valence-corrected chi connectivity index (χ4v) is 5.11. The molecule has 1 aliphatic rings. The molecule has 0 radical (unpaired) electrons. The van der Waals surface area contributed by atoms with Crippen molar-refractivity contribution in [2.24, 2.45) is 0 Å². The molecule has 0 unspecified atom stereocenters. The predicted octanol–water partition coefficient (Wildman–Crippen LogP) is 4.60. The minimum Gasteiger partial charge on any atom is -0.486 e. The first kappa shape index (κ1) is 22.3. The van der Waals surface area contributed by atoms with Crippen molar-refractivity contribution in [3.8, 4) is 11.5 Å². The van der Waals surface area contributed by atoms with Crippen LogP contribution in [0, 0.1) is 0 Å². The highest BCUT2D eigenvalue weighted by atomic mass is 35.5. The quantitative estimate of drug-likeness (QED) is 0.543. The number of sulfonamides is 1. The Morgan fingerprint density at radius 3 is 2.25 bits per heavy atom. The lowest BCUT2D eigenvalue weighted by molar-refractivity contribution is -0.114. The molecule has 0 saturated carbocycles. The summed E-state index contributed by atoms with van der Waals surface area (Å²) >= 11 is 12.2. The maximum Gasteiger partial charge on any atom is 0.264 e. The smallest absolute Gasteiger partial charge is 0.264 e.